The quantitative estimate of drug-likeness (QED) is 0.793. The Morgan fingerprint density at radius 3 is 2.28 bits per heavy atom. The Morgan fingerprint density at radius 2 is 1.89 bits per heavy atom. The van der Waals surface area contributed by atoms with Crippen LogP contribution in [-0.2, 0) is 9.84 Å². The van der Waals surface area contributed by atoms with E-state index in [-0.39, 0.29) is 4.83 Å². The molecule has 0 saturated heterocycles. The largest absolute Gasteiger partial charge is 0.496 e. The lowest BCUT2D eigenvalue weighted by Crippen LogP contribution is -2.35. The summed E-state index contributed by atoms with van der Waals surface area (Å²) in [4.78, 5) is -0.260. The molecule has 0 aromatic heterocycles. The average molecular weight is 335 g/mol. The monoisotopic (exact) mass is 334 g/mol. The highest BCUT2D eigenvalue weighted by molar-refractivity contribution is 9.09. The number of sulfone groups is 1. The van der Waals surface area contributed by atoms with Gasteiger partial charge in [-0.3, -0.25) is 0 Å². The molecule has 0 radical (unpaired) electrons. The number of hydrogen-bond acceptors (Lipinski definition) is 3. The van der Waals surface area contributed by atoms with Crippen molar-refractivity contribution < 1.29 is 13.2 Å². The third-order valence-electron chi connectivity index (χ3n) is 3.28. The topological polar surface area (TPSA) is 43.4 Å². The van der Waals surface area contributed by atoms with Crippen LogP contribution < -0.4 is 4.74 Å². The Balaban J connectivity index is 3.20. The maximum atomic E-state index is 11.8. The number of halogens is 1. The first-order chi connectivity index (χ1) is 8.11. The zero-order valence-electron chi connectivity index (χ0n) is 11.3. The molecular formula is C13H19BrO3S. The molecule has 0 bridgehead atoms. The van der Waals surface area contributed by atoms with E-state index in [1.54, 1.807) is 21.0 Å². The molecule has 18 heavy (non-hydrogen) atoms. The van der Waals surface area contributed by atoms with Gasteiger partial charge in [0.2, 0.25) is 0 Å². The van der Waals surface area contributed by atoms with E-state index in [4.69, 9.17) is 4.74 Å². The van der Waals surface area contributed by atoms with Crippen molar-refractivity contribution in [3.63, 3.8) is 0 Å². The second-order valence-electron chi connectivity index (χ2n) is 4.97. The summed E-state index contributed by atoms with van der Waals surface area (Å²) >= 11 is 3.50. The van der Waals surface area contributed by atoms with Gasteiger partial charge < -0.3 is 4.74 Å². The standard InChI is InChI=1S/C13H19BrO3S/c1-9-8-10(6-7-11(9)17-4)12(14)13(2,3)18(5,15)16/h6-8,12H,1-5H3. The van der Waals surface area contributed by atoms with Crippen molar-refractivity contribution in [1.82, 2.24) is 0 Å². The van der Waals surface area contributed by atoms with Crippen LogP contribution >= 0.6 is 15.9 Å². The molecule has 0 saturated carbocycles. The lowest BCUT2D eigenvalue weighted by molar-refractivity contribution is 0.411. The van der Waals surface area contributed by atoms with Crippen LogP contribution in [0.1, 0.15) is 29.8 Å². The number of ether oxygens (including phenoxy) is 1. The van der Waals surface area contributed by atoms with Crippen LogP contribution in [0.5, 0.6) is 5.75 Å². The molecule has 1 rings (SSSR count). The molecule has 0 N–H and O–H groups in total. The van der Waals surface area contributed by atoms with Gasteiger partial charge in [0.05, 0.1) is 16.7 Å². The van der Waals surface area contributed by atoms with Crippen molar-refractivity contribution in [2.24, 2.45) is 0 Å². The molecule has 0 heterocycles. The number of aryl methyl sites for hydroxylation is 1. The molecule has 0 amide bonds. The summed E-state index contributed by atoms with van der Waals surface area (Å²) in [6.45, 7) is 5.39. The molecule has 1 unspecified atom stereocenters. The predicted molar refractivity (Wildman–Crippen MR) is 78.3 cm³/mol. The van der Waals surface area contributed by atoms with Crippen LogP contribution in [-0.4, -0.2) is 26.5 Å². The number of alkyl halides is 1. The third kappa shape index (κ3) is 2.88. The number of benzene rings is 1. The normalized spacial score (nSPS) is 14.3. The van der Waals surface area contributed by atoms with E-state index in [0.717, 1.165) is 16.9 Å². The summed E-state index contributed by atoms with van der Waals surface area (Å²) in [5, 5.41) is 0. The molecule has 3 nitrogen and oxygen atoms in total. The SMILES string of the molecule is COc1ccc(C(Br)C(C)(C)S(C)(=O)=O)cc1C. The van der Waals surface area contributed by atoms with Gasteiger partial charge in [-0.1, -0.05) is 28.1 Å². The van der Waals surface area contributed by atoms with Crippen LogP contribution in [0.25, 0.3) is 0 Å². The van der Waals surface area contributed by atoms with Crippen LogP contribution in [0.15, 0.2) is 18.2 Å². The highest BCUT2D eigenvalue weighted by atomic mass is 79.9. The van der Waals surface area contributed by atoms with Gasteiger partial charge in [0.1, 0.15) is 5.75 Å². The van der Waals surface area contributed by atoms with E-state index in [9.17, 15) is 8.42 Å². The highest BCUT2D eigenvalue weighted by Crippen LogP contribution is 2.40. The van der Waals surface area contributed by atoms with E-state index in [0.29, 0.717) is 0 Å². The smallest absolute Gasteiger partial charge is 0.154 e. The van der Waals surface area contributed by atoms with E-state index in [1.807, 2.05) is 25.1 Å². The van der Waals surface area contributed by atoms with E-state index >= 15 is 0 Å². The molecule has 1 atom stereocenters. The maximum Gasteiger partial charge on any atom is 0.154 e. The fourth-order valence-electron chi connectivity index (χ4n) is 1.65. The first-order valence-corrected chi connectivity index (χ1v) is 8.40. The van der Waals surface area contributed by atoms with Gasteiger partial charge >= 0.3 is 0 Å². The van der Waals surface area contributed by atoms with Crippen molar-refractivity contribution in [3.8, 4) is 5.75 Å². The van der Waals surface area contributed by atoms with Gasteiger partial charge in [0.25, 0.3) is 0 Å². The summed E-state index contributed by atoms with van der Waals surface area (Å²) in [5.41, 5.74) is 1.92. The molecule has 0 spiro atoms. The van der Waals surface area contributed by atoms with Crippen molar-refractivity contribution in [2.45, 2.75) is 30.3 Å². The van der Waals surface area contributed by atoms with Crippen LogP contribution in [0.3, 0.4) is 0 Å². The van der Waals surface area contributed by atoms with Crippen LogP contribution in [0.2, 0.25) is 0 Å². The van der Waals surface area contributed by atoms with Crippen molar-refractivity contribution >= 4 is 25.8 Å². The number of methoxy groups -OCH3 is 1. The molecule has 0 fully saturated rings. The van der Waals surface area contributed by atoms with Crippen LogP contribution in [0, 0.1) is 6.92 Å². The van der Waals surface area contributed by atoms with E-state index < -0.39 is 14.6 Å². The Morgan fingerprint density at radius 1 is 1.33 bits per heavy atom. The zero-order valence-corrected chi connectivity index (χ0v) is 13.7. The third-order valence-corrected chi connectivity index (χ3v) is 7.40. The Kier molecular flexibility index (Phi) is 4.49. The summed E-state index contributed by atoms with van der Waals surface area (Å²) < 4.78 is 28.0. The minimum absolute atomic E-state index is 0.260. The molecule has 0 aliphatic carbocycles. The van der Waals surface area contributed by atoms with Crippen molar-refractivity contribution in [1.29, 1.82) is 0 Å². The lowest BCUT2D eigenvalue weighted by Gasteiger charge is -2.29. The minimum atomic E-state index is -3.16. The summed E-state index contributed by atoms with van der Waals surface area (Å²) in [6, 6.07) is 5.70. The molecule has 102 valence electrons. The summed E-state index contributed by atoms with van der Waals surface area (Å²) in [6.07, 6.45) is 1.26. The first-order valence-electron chi connectivity index (χ1n) is 5.59. The average Bonchev–Trinajstić information content (AvgIpc) is 2.26. The zero-order chi connectivity index (χ0) is 14.1. The fraction of sp³-hybridized carbons (Fsp3) is 0.538. The molecule has 5 heteroatoms. The Bertz CT molecular complexity index is 535. The molecular weight excluding hydrogens is 316 g/mol. The predicted octanol–water partition coefficient (Wildman–Crippen LogP) is 3.26. The highest BCUT2D eigenvalue weighted by Gasteiger charge is 2.38. The number of hydrogen-bond donors (Lipinski definition) is 0. The second-order valence-corrected chi connectivity index (χ2v) is 8.48. The van der Waals surface area contributed by atoms with Gasteiger partial charge in [-0.2, -0.15) is 0 Å². The van der Waals surface area contributed by atoms with Gasteiger partial charge in [-0.15, -0.1) is 0 Å². The molecule has 1 aromatic carbocycles. The van der Waals surface area contributed by atoms with E-state index in [2.05, 4.69) is 15.9 Å². The minimum Gasteiger partial charge on any atom is -0.496 e. The summed E-state index contributed by atoms with van der Waals surface area (Å²) in [5.74, 6) is 0.801. The number of rotatable bonds is 4. The second kappa shape index (κ2) is 5.21. The maximum absolute atomic E-state index is 11.8. The summed E-state index contributed by atoms with van der Waals surface area (Å²) in [7, 11) is -1.54. The van der Waals surface area contributed by atoms with E-state index in [1.165, 1.54) is 6.26 Å². The Hall–Kier alpha value is -0.550. The Labute approximate surface area is 118 Å². The van der Waals surface area contributed by atoms with Crippen molar-refractivity contribution in [3.05, 3.63) is 29.3 Å². The first kappa shape index (κ1) is 15.5. The molecule has 0 aliphatic heterocycles. The van der Waals surface area contributed by atoms with Gasteiger partial charge in [0.15, 0.2) is 9.84 Å². The molecule has 1 aromatic rings. The van der Waals surface area contributed by atoms with Gasteiger partial charge in [-0.05, 0) is 38.0 Å². The van der Waals surface area contributed by atoms with Crippen molar-refractivity contribution in [2.75, 3.05) is 13.4 Å². The van der Waals surface area contributed by atoms with Crippen LogP contribution in [0.4, 0.5) is 0 Å². The van der Waals surface area contributed by atoms with Gasteiger partial charge in [0, 0.05) is 6.26 Å². The lowest BCUT2D eigenvalue weighted by atomic mass is 10.00. The molecule has 0 aliphatic rings. The fourth-order valence-corrected chi connectivity index (χ4v) is 3.46. The van der Waals surface area contributed by atoms with Gasteiger partial charge in [-0.25, -0.2) is 8.42 Å².